The minimum absolute atomic E-state index is 0.0751. The van der Waals surface area contributed by atoms with Crippen LogP contribution >= 0.6 is 11.6 Å². The van der Waals surface area contributed by atoms with Crippen molar-refractivity contribution in [3.63, 3.8) is 0 Å². The van der Waals surface area contributed by atoms with Gasteiger partial charge in [-0.25, -0.2) is 9.07 Å². The molecule has 0 saturated carbocycles. The highest BCUT2D eigenvalue weighted by molar-refractivity contribution is 6.31. The molecule has 0 bridgehead atoms. The van der Waals surface area contributed by atoms with Crippen molar-refractivity contribution in [1.82, 2.24) is 9.78 Å². The summed E-state index contributed by atoms with van der Waals surface area (Å²) >= 11 is 6.09. The monoisotopic (exact) mass is 412 g/mol. The second-order valence-corrected chi connectivity index (χ2v) is 7.39. The SMILES string of the molecule is Cc1ccc(NC(=O)CC2C(=O)Nc3c(-c4ccc(F)cc4)c(C)nn32)cc1Cl. The van der Waals surface area contributed by atoms with Gasteiger partial charge in [-0.1, -0.05) is 29.8 Å². The van der Waals surface area contributed by atoms with Crippen LogP contribution in [0.1, 0.15) is 23.7 Å². The molecular weight excluding hydrogens is 395 g/mol. The topological polar surface area (TPSA) is 76.0 Å². The lowest BCUT2D eigenvalue weighted by atomic mass is 10.1. The van der Waals surface area contributed by atoms with Crippen LogP contribution in [0.4, 0.5) is 15.9 Å². The first-order chi connectivity index (χ1) is 13.8. The third kappa shape index (κ3) is 3.61. The Morgan fingerprint density at radius 2 is 1.97 bits per heavy atom. The van der Waals surface area contributed by atoms with Gasteiger partial charge in [0.2, 0.25) is 5.91 Å². The number of hydrogen-bond acceptors (Lipinski definition) is 3. The quantitative estimate of drug-likeness (QED) is 0.663. The number of carbonyl (C=O) groups is 2. The summed E-state index contributed by atoms with van der Waals surface area (Å²) in [6, 6.07) is 10.4. The fourth-order valence-corrected chi connectivity index (χ4v) is 3.58. The summed E-state index contributed by atoms with van der Waals surface area (Å²) in [5, 5.41) is 10.6. The van der Waals surface area contributed by atoms with Gasteiger partial charge in [0.15, 0.2) is 0 Å². The summed E-state index contributed by atoms with van der Waals surface area (Å²) in [4.78, 5) is 25.0. The zero-order chi connectivity index (χ0) is 20.7. The van der Waals surface area contributed by atoms with Crippen LogP contribution in [0.25, 0.3) is 11.1 Å². The van der Waals surface area contributed by atoms with E-state index in [4.69, 9.17) is 11.6 Å². The highest BCUT2D eigenvalue weighted by Crippen LogP contribution is 2.38. The summed E-state index contributed by atoms with van der Waals surface area (Å²) in [6.07, 6.45) is -0.0751. The first-order valence-corrected chi connectivity index (χ1v) is 9.43. The van der Waals surface area contributed by atoms with Crippen LogP contribution in [-0.4, -0.2) is 21.6 Å². The van der Waals surface area contributed by atoms with Gasteiger partial charge in [-0.2, -0.15) is 5.10 Å². The summed E-state index contributed by atoms with van der Waals surface area (Å²) in [6.45, 7) is 3.68. The predicted octanol–water partition coefficient (Wildman–Crippen LogP) is 4.48. The summed E-state index contributed by atoms with van der Waals surface area (Å²) in [7, 11) is 0. The first kappa shape index (κ1) is 19.1. The van der Waals surface area contributed by atoms with Crippen molar-refractivity contribution in [2.24, 2.45) is 0 Å². The molecule has 0 fully saturated rings. The number of aromatic nitrogens is 2. The van der Waals surface area contributed by atoms with Crippen LogP contribution in [-0.2, 0) is 9.59 Å². The largest absolute Gasteiger partial charge is 0.326 e. The summed E-state index contributed by atoms with van der Waals surface area (Å²) in [5.74, 6) is -0.470. The molecule has 148 valence electrons. The molecule has 2 N–H and O–H groups in total. The molecule has 3 aromatic rings. The van der Waals surface area contributed by atoms with E-state index in [2.05, 4.69) is 15.7 Å². The molecule has 6 nitrogen and oxygen atoms in total. The number of fused-ring (bicyclic) bond motifs is 1. The molecule has 2 amide bonds. The number of nitrogens with zero attached hydrogens (tertiary/aromatic N) is 2. The van der Waals surface area contributed by atoms with Gasteiger partial charge >= 0.3 is 0 Å². The number of aryl methyl sites for hydroxylation is 2. The number of amides is 2. The number of carbonyl (C=O) groups excluding carboxylic acids is 2. The van der Waals surface area contributed by atoms with Crippen LogP contribution in [0.15, 0.2) is 42.5 Å². The van der Waals surface area contributed by atoms with E-state index >= 15 is 0 Å². The molecule has 1 atom stereocenters. The van der Waals surface area contributed by atoms with Gasteiger partial charge in [0.1, 0.15) is 17.7 Å². The van der Waals surface area contributed by atoms with Crippen molar-refractivity contribution >= 4 is 34.9 Å². The van der Waals surface area contributed by atoms with Crippen LogP contribution in [0.5, 0.6) is 0 Å². The van der Waals surface area contributed by atoms with Crippen molar-refractivity contribution in [2.45, 2.75) is 26.3 Å². The standard InChI is InChI=1S/C21H18ClFN4O2/c1-11-3-8-15(9-16(11)22)24-18(28)10-17-21(29)25-20-19(12(2)26-27(17)20)13-4-6-14(23)7-5-13/h3-9,17H,10H2,1-2H3,(H,24,28)(H,25,29). The van der Waals surface area contributed by atoms with Crippen LogP contribution in [0.2, 0.25) is 5.02 Å². The molecule has 2 heterocycles. The zero-order valence-electron chi connectivity index (χ0n) is 15.8. The van der Waals surface area contributed by atoms with E-state index in [1.54, 1.807) is 24.3 Å². The van der Waals surface area contributed by atoms with E-state index in [1.165, 1.54) is 16.8 Å². The molecule has 2 aromatic carbocycles. The second kappa shape index (κ2) is 7.33. The maximum absolute atomic E-state index is 13.3. The fraction of sp³-hybridized carbons (Fsp3) is 0.190. The number of nitrogens with one attached hydrogen (secondary N) is 2. The average Bonchev–Trinajstić information content (AvgIpc) is 3.13. The molecule has 0 radical (unpaired) electrons. The van der Waals surface area contributed by atoms with E-state index in [0.717, 1.165) is 11.1 Å². The Kier molecular flexibility index (Phi) is 4.84. The minimum atomic E-state index is -0.765. The molecule has 0 aliphatic carbocycles. The maximum Gasteiger partial charge on any atom is 0.251 e. The van der Waals surface area contributed by atoms with Crippen molar-refractivity contribution in [1.29, 1.82) is 0 Å². The first-order valence-electron chi connectivity index (χ1n) is 9.05. The van der Waals surface area contributed by atoms with Gasteiger partial charge in [-0.15, -0.1) is 0 Å². The van der Waals surface area contributed by atoms with Gasteiger partial charge in [-0.3, -0.25) is 9.59 Å². The molecule has 1 unspecified atom stereocenters. The Morgan fingerprint density at radius 3 is 2.66 bits per heavy atom. The zero-order valence-corrected chi connectivity index (χ0v) is 16.5. The molecule has 0 saturated heterocycles. The Bertz CT molecular complexity index is 1120. The van der Waals surface area contributed by atoms with Crippen molar-refractivity contribution in [3.8, 4) is 11.1 Å². The molecular formula is C21H18ClFN4O2. The molecule has 8 heteroatoms. The highest BCUT2D eigenvalue weighted by Gasteiger charge is 2.36. The molecule has 1 aliphatic heterocycles. The summed E-state index contributed by atoms with van der Waals surface area (Å²) < 4.78 is 14.8. The van der Waals surface area contributed by atoms with E-state index in [-0.39, 0.29) is 24.1 Å². The second-order valence-electron chi connectivity index (χ2n) is 6.98. The minimum Gasteiger partial charge on any atom is -0.326 e. The number of benzene rings is 2. The van der Waals surface area contributed by atoms with Crippen molar-refractivity contribution in [2.75, 3.05) is 10.6 Å². The third-order valence-electron chi connectivity index (χ3n) is 4.89. The smallest absolute Gasteiger partial charge is 0.251 e. The van der Waals surface area contributed by atoms with Crippen LogP contribution < -0.4 is 10.6 Å². The Hall–Kier alpha value is -3.19. The Labute approximate surface area is 171 Å². The maximum atomic E-state index is 13.3. The Morgan fingerprint density at radius 1 is 1.24 bits per heavy atom. The predicted molar refractivity (Wildman–Crippen MR) is 109 cm³/mol. The number of anilines is 2. The van der Waals surface area contributed by atoms with Crippen LogP contribution in [0.3, 0.4) is 0 Å². The van der Waals surface area contributed by atoms with E-state index < -0.39 is 6.04 Å². The molecule has 29 heavy (non-hydrogen) atoms. The average molecular weight is 413 g/mol. The number of rotatable bonds is 4. The molecule has 4 rings (SSSR count). The summed E-state index contributed by atoms with van der Waals surface area (Å²) in [5.41, 5.74) is 3.61. The van der Waals surface area contributed by atoms with E-state index in [0.29, 0.717) is 27.8 Å². The molecule has 1 aliphatic rings. The lowest BCUT2D eigenvalue weighted by Gasteiger charge is -2.10. The van der Waals surface area contributed by atoms with Crippen molar-refractivity contribution < 1.29 is 14.0 Å². The lowest BCUT2D eigenvalue weighted by molar-refractivity contribution is -0.123. The van der Waals surface area contributed by atoms with Crippen molar-refractivity contribution in [3.05, 3.63) is 64.6 Å². The normalized spacial score (nSPS) is 15.2. The van der Waals surface area contributed by atoms with Crippen LogP contribution in [0, 0.1) is 19.7 Å². The van der Waals surface area contributed by atoms with Gasteiger partial charge in [-0.05, 0) is 49.2 Å². The van der Waals surface area contributed by atoms with Gasteiger partial charge in [0, 0.05) is 16.3 Å². The number of hydrogen-bond donors (Lipinski definition) is 2. The van der Waals surface area contributed by atoms with E-state index in [9.17, 15) is 14.0 Å². The van der Waals surface area contributed by atoms with Gasteiger partial charge in [0.25, 0.3) is 5.91 Å². The molecule has 0 spiro atoms. The third-order valence-corrected chi connectivity index (χ3v) is 5.30. The lowest BCUT2D eigenvalue weighted by Crippen LogP contribution is -2.23. The number of halogens is 2. The highest BCUT2D eigenvalue weighted by atomic mass is 35.5. The van der Waals surface area contributed by atoms with E-state index in [1.807, 2.05) is 19.9 Å². The molecule has 1 aromatic heterocycles. The Balaban J connectivity index is 1.57. The fourth-order valence-electron chi connectivity index (χ4n) is 3.40. The van der Waals surface area contributed by atoms with Gasteiger partial charge in [0.05, 0.1) is 12.1 Å². The van der Waals surface area contributed by atoms with Gasteiger partial charge < -0.3 is 10.6 Å².